The van der Waals surface area contributed by atoms with Crippen molar-refractivity contribution in [1.29, 1.82) is 0 Å². The van der Waals surface area contributed by atoms with Gasteiger partial charge in [0.15, 0.2) is 6.10 Å². The number of methoxy groups -OCH3 is 1. The lowest BCUT2D eigenvalue weighted by atomic mass is 10.1. The molecule has 2 heterocycles. The SMILES string of the molecule is COc1ccc([C@H]2Sc3ccccc3NC(=O)[C@H]2OC(=O)CN2CCN(C)CC2)cc1. The number of ether oxygens (including phenoxy) is 2. The Kier molecular flexibility index (Phi) is 6.80. The normalized spacial score (nSPS) is 22.2. The summed E-state index contributed by atoms with van der Waals surface area (Å²) in [6.07, 6.45) is -0.939. The van der Waals surface area contributed by atoms with Gasteiger partial charge in [0.2, 0.25) is 0 Å². The fraction of sp³-hybridized carbons (Fsp3) is 0.391. The van der Waals surface area contributed by atoms with Crippen LogP contribution in [0.1, 0.15) is 10.8 Å². The highest BCUT2D eigenvalue weighted by Crippen LogP contribution is 2.45. The lowest BCUT2D eigenvalue weighted by molar-refractivity contribution is -0.155. The van der Waals surface area contributed by atoms with Gasteiger partial charge in [0, 0.05) is 31.1 Å². The van der Waals surface area contributed by atoms with E-state index in [1.54, 1.807) is 7.11 Å². The van der Waals surface area contributed by atoms with Crippen LogP contribution in [-0.4, -0.2) is 74.7 Å². The topological polar surface area (TPSA) is 71.1 Å². The molecule has 4 rings (SSSR count). The number of rotatable bonds is 5. The van der Waals surface area contributed by atoms with E-state index in [0.29, 0.717) is 0 Å². The number of para-hydroxylation sites is 1. The Labute approximate surface area is 186 Å². The van der Waals surface area contributed by atoms with Crippen LogP contribution in [0.25, 0.3) is 0 Å². The third kappa shape index (κ3) is 5.20. The lowest BCUT2D eigenvalue weighted by Gasteiger charge is -2.32. The monoisotopic (exact) mass is 441 g/mol. The predicted octanol–water partition coefficient (Wildman–Crippen LogP) is 2.64. The Bertz CT molecular complexity index is 929. The van der Waals surface area contributed by atoms with E-state index in [-0.39, 0.29) is 23.7 Å². The number of anilines is 1. The Balaban J connectivity index is 1.56. The van der Waals surface area contributed by atoms with Gasteiger partial charge in [-0.05, 0) is 36.9 Å². The van der Waals surface area contributed by atoms with Crippen LogP contribution in [0.3, 0.4) is 0 Å². The second-order valence-electron chi connectivity index (χ2n) is 7.79. The van der Waals surface area contributed by atoms with Gasteiger partial charge in [-0.25, -0.2) is 0 Å². The molecule has 1 fully saturated rings. The number of hydrogen-bond donors (Lipinski definition) is 1. The number of fused-ring (bicyclic) bond motifs is 1. The molecule has 0 radical (unpaired) electrons. The van der Waals surface area contributed by atoms with Gasteiger partial charge in [-0.2, -0.15) is 0 Å². The fourth-order valence-electron chi connectivity index (χ4n) is 3.73. The molecule has 7 nitrogen and oxygen atoms in total. The number of hydrogen-bond acceptors (Lipinski definition) is 7. The molecule has 2 aromatic rings. The summed E-state index contributed by atoms with van der Waals surface area (Å²) in [5.74, 6) is 0.0376. The first-order valence-electron chi connectivity index (χ1n) is 10.3. The van der Waals surface area contributed by atoms with Crippen molar-refractivity contribution in [2.45, 2.75) is 16.2 Å². The van der Waals surface area contributed by atoms with Crippen LogP contribution in [0, 0.1) is 0 Å². The van der Waals surface area contributed by atoms with Gasteiger partial charge in [0.05, 0.1) is 24.6 Å². The summed E-state index contributed by atoms with van der Waals surface area (Å²) in [6, 6.07) is 15.2. The number of esters is 1. The summed E-state index contributed by atoms with van der Waals surface area (Å²) in [4.78, 5) is 31.1. The second-order valence-corrected chi connectivity index (χ2v) is 8.97. The van der Waals surface area contributed by atoms with Gasteiger partial charge in [-0.3, -0.25) is 14.5 Å². The number of benzene rings is 2. The number of piperazine rings is 1. The number of nitrogens with zero attached hydrogens (tertiary/aromatic N) is 2. The van der Waals surface area contributed by atoms with Crippen molar-refractivity contribution >= 4 is 29.3 Å². The van der Waals surface area contributed by atoms with E-state index in [2.05, 4.69) is 22.2 Å². The molecule has 31 heavy (non-hydrogen) atoms. The zero-order valence-corrected chi connectivity index (χ0v) is 18.6. The molecule has 0 aromatic heterocycles. The Morgan fingerprint density at radius 1 is 1.10 bits per heavy atom. The first-order chi connectivity index (χ1) is 15.0. The minimum atomic E-state index is -0.939. The van der Waals surface area contributed by atoms with Crippen molar-refractivity contribution in [1.82, 2.24) is 9.80 Å². The van der Waals surface area contributed by atoms with Crippen LogP contribution >= 0.6 is 11.8 Å². The summed E-state index contributed by atoms with van der Waals surface area (Å²) in [5.41, 5.74) is 1.63. The first-order valence-corrected chi connectivity index (χ1v) is 11.2. The number of thioether (sulfide) groups is 1. The molecule has 8 heteroatoms. The Morgan fingerprint density at radius 2 is 1.81 bits per heavy atom. The maximum absolute atomic E-state index is 13.1. The number of nitrogens with one attached hydrogen (secondary N) is 1. The zero-order chi connectivity index (χ0) is 21.8. The van der Waals surface area contributed by atoms with Gasteiger partial charge >= 0.3 is 5.97 Å². The minimum Gasteiger partial charge on any atom is -0.497 e. The first kappa shape index (κ1) is 21.7. The second kappa shape index (κ2) is 9.72. The highest BCUT2D eigenvalue weighted by Gasteiger charge is 2.37. The van der Waals surface area contributed by atoms with Crippen LogP contribution in [0.4, 0.5) is 5.69 Å². The van der Waals surface area contributed by atoms with Gasteiger partial charge in [-0.1, -0.05) is 24.3 Å². The van der Waals surface area contributed by atoms with Crippen LogP contribution in [0.5, 0.6) is 5.75 Å². The van der Waals surface area contributed by atoms with Crippen LogP contribution in [0.15, 0.2) is 53.4 Å². The molecule has 1 saturated heterocycles. The molecule has 2 aliphatic heterocycles. The van der Waals surface area contributed by atoms with Gasteiger partial charge in [0.25, 0.3) is 5.91 Å². The zero-order valence-electron chi connectivity index (χ0n) is 17.7. The molecule has 1 N–H and O–H groups in total. The number of carbonyl (C=O) groups is 2. The number of carbonyl (C=O) groups excluding carboxylic acids is 2. The van der Waals surface area contributed by atoms with E-state index in [0.717, 1.165) is 48.1 Å². The highest BCUT2D eigenvalue weighted by atomic mass is 32.2. The van der Waals surface area contributed by atoms with E-state index in [1.807, 2.05) is 48.5 Å². The quantitative estimate of drug-likeness (QED) is 0.716. The third-order valence-electron chi connectivity index (χ3n) is 5.58. The molecule has 0 aliphatic carbocycles. The average molecular weight is 442 g/mol. The number of amides is 1. The molecule has 0 spiro atoms. The lowest BCUT2D eigenvalue weighted by Crippen LogP contribution is -2.47. The summed E-state index contributed by atoms with van der Waals surface area (Å²) < 4.78 is 11.1. The van der Waals surface area contributed by atoms with Gasteiger partial charge in [0.1, 0.15) is 5.75 Å². The molecule has 0 unspecified atom stereocenters. The minimum absolute atomic E-state index is 0.185. The fourth-order valence-corrected chi connectivity index (χ4v) is 5.00. The van der Waals surface area contributed by atoms with Crippen molar-refractivity contribution in [3.63, 3.8) is 0 Å². The Morgan fingerprint density at radius 3 is 2.52 bits per heavy atom. The third-order valence-corrected chi connectivity index (χ3v) is 6.97. The molecule has 164 valence electrons. The van der Waals surface area contributed by atoms with Crippen molar-refractivity contribution in [2.75, 3.05) is 52.2 Å². The molecule has 2 aliphatic rings. The highest BCUT2D eigenvalue weighted by molar-refractivity contribution is 7.99. The molecule has 2 aromatic carbocycles. The maximum atomic E-state index is 13.1. The summed E-state index contributed by atoms with van der Waals surface area (Å²) >= 11 is 1.52. The van der Waals surface area contributed by atoms with Gasteiger partial charge in [-0.15, -0.1) is 11.8 Å². The van der Waals surface area contributed by atoms with Crippen LogP contribution < -0.4 is 10.1 Å². The molecule has 2 atom stereocenters. The van der Waals surface area contributed by atoms with Crippen molar-refractivity contribution in [2.24, 2.45) is 0 Å². The van der Waals surface area contributed by atoms with Crippen LogP contribution in [-0.2, 0) is 14.3 Å². The van der Waals surface area contributed by atoms with E-state index in [4.69, 9.17) is 9.47 Å². The van der Waals surface area contributed by atoms with E-state index in [1.165, 1.54) is 11.8 Å². The molecule has 0 bridgehead atoms. The van der Waals surface area contributed by atoms with E-state index >= 15 is 0 Å². The van der Waals surface area contributed by atoms with E-state index < -0.39 is 6.10 Å². The van der Waals surface area contributed by atoms with Crippen molar-refractivity contribution < 1.29 is 19.1 Å². The smallest absolute Gasteiger partial charge is 0.320 e. The van der Waals surface area contributed by atoms with Crippen LogP contribution in [0.2, 0.25) is 0 Å². The maximum Gasteiger partial charge on any atom is 0.320 e. The summed E-state index contributed by atoms with van der Waals surface area (Å²) in [5, 5.41) is 2.56. The molecule has 1 amide bonds. The average Bonchev–Trinajstić information content (AvgIpc) is 2.92. The summed E-state index contributed by atoms with van der Waals surface area (Å²) in [7, 11) is 3.68. The van der Waals surface area contributed by atoms with Gasteiger partial charge < -0.3 is 19.7 Å². The van der Waals surface area contributed by atoms with Crippen molar-refractivity contribution in [3.05, 3.63) is 54.1 Å². The largest absolute Gasteiger partial charge is 0.497 e. The standard InChI is InChI=1S/C23H27N3O4S/c1-25-11-13-26(14-12-25)15-20(27)30-21-22(16-7-9-17(29-2)10-8-16)31-19-6-4-3-5-18(19)24-23(21)28/h3-10,21-22H,11-15H2,1-2H3,(H,24,28)/t21-,22+/m0/s1. The molecular formula is C23H27N3O4S. The summed E-state index contributed by atoms with van der Waals surface area (Å²) in [6.45, 7) is 3.63. The predicted molar refractivity (Wildman–Crippen MR) is 120 cm³/mol. The van der Waals surface area contributed by atoms with Crippen molar-refractivity contribution in [3.8, 4) is 5.75 Å². The molecule has 0 saturated carbocycles. The Hall–Kier alpha value is -2.55. The van der Waals surface area contributed by atoms with E-state index in [9.17, 15) is 9.59 Å². The number of likely N-dealkylation sites (N-methyl/N-ethyl adjacent to an activating group) is 1. The molecular weight excluding hydrogens is 414 g/mol.